The summed E-state index contributed by atoms with van der Waals surface area (Å²) in [6, 6.07) is 11.3. The lowest BCUT2D eigenvalue weighted by molar-refractivity contribution is 0.0502. The number of ether oxygens (including phenoxy) is 1. The van der Waals surface area contributed by atoms with Gasteiger partial charge in [-0.1, -0.05) is 23.7 Å². The Bertz CT molecular complexity index is 1210. The molecular formula is C19H13ClFNO4S. The number of rotatable bonds is 5. The second kappa shape index (κ2) is 7.17. The lowest BCUT2D eigenvalue weighted by atomic mass is 10.2. The normalized spacial score (nSPS) is 11.3. The number of esters is 1. The number of hydrogen-bond donors (Lipinski definition) is 0. The lowest BCUT2D eigenvalue weighted by Gasteiger charge is -2.04. The molecule has 0 unspecified atom stereocenters. The number of carbonyl (C=O) groups excluding carboxylic acids is 1. The summed E-state index contributed by atoms with van der Waals surface area (Å²) >= 11 is 7.30. The standard InChI is InChI=1S/C19H13ClFNO4S/c20-16-12-7-6-11(21)10-15(12)27-17(16)18(23)25-9-3-8-22-13-4-1-2-5-14(13)26-19(22)24/h1-2,4-7,10H,3,8-9H2. The highest BCUT2D eigenvalue weighted by Crippen LogP contribution is 2.36. The van der Waals surface area contributed by atoms with E-state index in [2.05, 4.69) is 0 Å². The topological polar surface area (TPSA) is 61.4 Å². The van der Waals surface area contributed by atoms with E-state index in [1.165, 1.54) is 22.8 Å². The summed E-state index contributed by atoms with van der Waals surface area (Å²) < 4.78 is 25.8. The van der Waals surface area contributed by atoms with E-state index >= 15 is 0 Å². The van der Waals surface area contributed by atoms with E-state index in [1.807, 2.05) is 6.07 Å². The number of aryl methyl sites for hydroxylation is 1. The number of halogens is 2. The monoisotopic (exact) mass is 405 g/mol. The summed E-state index contributed by atoms with van der Waals surface area (Å²) in [4.78, 5) is 24.4. The van der Waals surface area contributed by atoms with Crippen molar-refractivity contribution in [3.63, 3.8) is 0 Å². The van der Waals surface area contributed by atoms with Crippen LogP contribution in [0.5, 0.6) is 0 Å². The van der Waals surface area contributed by atoms with Crippen LogP contribution in [0.3, 0.4) is 0 Å². The van der Waals surface area contributed by atoms with Crippen molar-refractivity contribution in [2.45, 2.75) is 13.0 Å². The highest BCUT2D eigenvalue weighted by atomic mass is 35.5. The molecule has 0 N–H and O–H groups in total. The minimum absolute atomic E-state index is 0.115. The van der Waals surface area contributed by atoms with Crippen molar-refractivity contribution < 1.29 is 18.3 Å². The van der Waals surface area contributed by atoms with Crippen molar-refractivity contribution in [3.8, 4) is 0 Å². The molecular weight excluding hydrogens is 393 g/mol. The van der Waals surface area contributed by atoms with Gasteiger partial charge in [-0.3, -0.25) is 4.57 Å². The van der Waals surface area contributed by atoms with Gasteiger partial charge < -0.3 is 9.15 Å². The molecule has 2 aromatic carbocycles. The van der Waals surface area contributed by atoms with Crippen LogP contribution in [0.1, 0.15) is 16.1 Å². The van der Waals surface area contributed by atoms with Gasteiger partial charge in [0.15, 0.2) is 5.58 Å². The fourth-order valence-corrected chi connectivity index (χ4v) is 4.28. The molecule has 138 valence electrons. The van der Waals surface area contributed by atoms with Gasteiger partial charge in [0.25, 0.3) is 0 Å². The van der Waals surface area contributed by atoms with E-state index in [0.717, 1.165) is 11.3 Å². The van der Waals surface area contributed by atoms with Gasteiger partial charge in [-0.15, -0.1) is 11.3 Å². The number of fused-ring (bicyclic) bond motifs is 2. The second-order valence-electron chi connectivity index (χ2n) is 5.86. The van der Waals surface area contributed by atoms with E-state index in [0.29, 0.717) is 34.2 Å². The number of nitrogens with zero attached hydrogens (tertiary/aromatic N) is 1. The molecule has 0 radical (unpaired) electrons. The van der Waals surface area contributed by atoms with Crippen LogP contribution in [0.15, 0.2) is 51.7 Å². The summed E-state index contributed by atoms with van der Waals surface area (Å²) in [7, 11) is 0. The predicted octanol–water partition coefficient (Wildman–Crippen LogP) is 4.85. The number of para-hydroxylation sites is 2. The van der Waals surface area contributed by atoms with Gasteiger partial charge in [0.1, 0.15) is 10.7 Å². The number of carbonyl (C=O) groups is 1. The van der Waals surface area contributed by atoms with Crippen molar-refractivity contribution in [2.24, 2.45) is 0 Å². The zero-order chi connectivity index (χ0) is 19.0. The Morgan fingerprint density at radius 1 is 1.26 bits per heavy atom. The molecule has 0 saturated heterocycles. The Hall–Kier alpha value is -2.64. The van der Waals surface area contributed by atoms with Gasteiger partial charge in [-0.05, 0) is 36.8 Å². The first kappa shape index (κ1) is 17.8. The van der Waals surface area contributed by atoms with E-state index in [4.69, 9.17) is 20.8 Å². The van der Waals surface area contributed by atoms with Crippen molar-refractivity contribution in [2.75, 3.05) is 6.61 Å². The summed E-state index contributed by atoms with van der Waals surface area (Å²) in [6.07, 6.45) is 0.437. The third-order valence-corrected chi connectivity index (χ3v) is 5.75. The number of aromatic nitrogens is 1. The molecule has 0 spiro atoms. The maximum Gasteiger partial charge on any atom is 0.419 e. The predicted molar refractivity (Wildman–Crippen MR) is 102 cm³/mol. The lowest BCUT2D eigenvalue weighted by Crippen LogP contribution is -2.16. The smallest absolute Gasteiger partial charge is 0.419 e. The summed E-state index contributed by atoms with van der Waals surface area (Å²) in [5.41, 5.74) is 1.21. The molecule has 4 aromatic rings. The number of hydrogen-bond acceptors (Lipinski definition) is 5. The Morgan fingerprint density at radius 3 is 2.93 bits per heavy atom. The van der Waals surface area contributed by atoms with Gasteiger partial charge >= 0.3 is 11.7 Å². The Kier molecular flexibility index (Phi) is 4.72. The molecule has 0 aliphatic carbocycles. The molecule has 0 fully saturated rings. The van der Waals surface area contributed by atoms with E-state index in [1.54, 1.807) is 18.2 Å². The van der Waals surface area contributed by atoms with Crippen LogP contribution in [0, 0.1) is 5.82 Å². The van der Waals surface area contributed by atoms with Crippen LogP contribution in [-0.4, -0.2) is 17.1 Å². The van der Waals surface area contributed by atoms with Crippen LogP contribution < -0.4 is 5.76 Å². The maximum atomic E-state index is 13.3. The van der Waals surface area contributed by atoms with E-state index in [9.17, 15) is 14.0 Å². The largest absolute Gasteiger partial charge is 0.461 e. The highest BCUT2D eigenvalue weighted by Gasteiger charge is 2.19. The van der Waals surface area contributed by atoms with Gasteiger partial charge in [0, 0.05) is 16.6 Å². The Labute approximate surface area is 161 Å². The fourth-order valence-electron chi connectivity index (χ4n) is 2.85. The highest BCUT2D eigenvalue weighted by molar-refractivity contribution is 7.21. The SMILES string of the molecule is O=C(OCCCn1c(=O)oc2ccccc21)c1sc2cc(F)ccc2c1Cl. The molecule has 0 amide bonds. The third kappa shape index (κ3) is 3.36. The molecule has 0 aliphatic rings. The van der Waals surface area contributed by atoms with Crippen LogP contribution in [0.25, 0.3) is 21.2 Å². The zero-order valence-corrected chi connectivity index (χ0v) is 15.5. The van der Waals surface area contributed by atoms with Gasteiger partial charge in [0.05, 0.1) is 17.1 Å². The molecule has 0 aliphatic heterocycles. The van der Waals surface area contributed by atoms with E-state index < -0.39 is 17.5 Å². The number of benzene rings is 2. The fraction of sp³-hybridized carbons (Fsp3) is 0.158. The average molecular weight is 406 g/mol. The Morgan fingerprint density at radius 2 is 2.07 bits per heavy atom. The van der Waals surface area contributed by atoms with Crippen LogP contribution in [-0.2, 0) is 11.3 Å². The summed E-state index contributed by atoms with van der Waals surface area (Å²) in [5.74, 6) is -1.40. The van der Waals surface area contributed by atoms with Crippen molar-refractivity contribution >= 4 is 50.1 Å². The molecule has 0 saturated carbocycles. The zero-order valence-electron chi connectivity index (χ0n) is 13.9. The second-order valence-corrected chi connectivity index (χ2v) is 7.29. The van der Waals surface area contributed by atoms with Gasteiger partial charge in [0.2, 0.25) is 0 Å². The molecule has 0 atom stereocenters. The molecule has 4 rings (SSSR count). The molecule has 8 heteroatoms. The quantitative estimate of drug-likeness (QED) is 0.352. The average Bonchev–Trinajstić information content (AvgIpc) is 3.15. The van der Waals surface area contributed by atoms with E-state index in [-0.39, 0.29) is 16.5 Å². The number of oxazole rings is 1. The van der Waals surface area contributed by atoms with Crippen molar-refractivity contribution in [1.29, 1.82) is 0 Å². The van der Waals surface area contributed by atoms with Crippen LogP contribution in [0.4, 0.5) is 4.39 Å². The van der Waals surface area contributed by atoms with Crippen molar-refractivity contribution in [3.05, 3.63) is 68.7 Å². The van der Waals surface area contributed by atoms with Gasteiger partial charge in [-0.2, -0.15) is 0 Å². The molecule has 0 bridgehead atoms. The molecule has 5 nitrogen and oxygen atoms in total. The van der Waals surface area contributed by atoms with Gasteiger partial charge in [-0.25, -0.2) is 14.0 Å². The molecule has 2 heterocycles. The minimum Gasteiger partial charge on any atom is -0.461 e. The summed E-state index contributed by atoms with van der Waals surface area (Å²) in [5, 5.41) is 0.878. The minimum atomic E-state index is -0.564. The molecule has 2 aromatic heterocycles. The number of thiophene rings is 1. The van der Waals surface area contributed by atoms with Crippen LogP contribution >= 0.6 is 22.9 Å². The van der Waals surface area contributed by atoms with Crippen LogP contribution in [0.2, 0.25) is 5.02 Å². The summed E-state index contributed by atoms with van der Waals surface area (Å²) in [6.45, 7) is 0.470. The first-order chi connectivity index (χ1) is 13.0. The first-order valence-corrected chi connectivity index (χ1v) is 9.37. The molecule has 27 heavy (non-hydrogen) atoms. The first-order valence-electron chi connectivity index (χ1n) is 8.17. The maximum absolute atomic E-state index is 13.3. The third-order valence-electron chi connectivity index (χ3n) is 4.11. The van der Waals surface area contributed by atoms with Crippen molar-refractivity contribution in [1.82, 2.24) is 4.57 Å². The Balaban J connectivity index is 1.42.